The largest absolute Gasteiger partial charge is 0.360 e. The van der Waals surface area contributed by atoms with E-state index in [2.05, 4.69) is 38.6 Å². The first kappa shape index (κ1) is 32.8. The van der Waals surface area contributed by atoms with Crippen molar-refractivity contribution in [3.8, 4) is 0 Å². The van der Waals surface area contributed by atoms with Gasteiger partial charge in [-0.1, -0.05) is 114 Å². The monoisotopic (exact) mass is 572 g/mol. The molecule has 1 aliphatic rings. The quantitative estimate of drug-likeness (QED) is 0.120. The first-order valence-electron chi connectivity index (χ1n) is 16.2. The van der Waals surface area contributed by atoms with Crippen molar-refractivity contribution in [3.05, 3.63) is 42.6 Å². The van der Waals surface area contributed by atoms with E-state index in [1.165, 1.54) is 89.9 Å². The predicted molar refractivity (Wildman–Crippen MR) is 170 cm³/mol. The number of sulfonamides is 1. The number of benzene rings is 1. The van der Waals surface area contributed by atoms with Gasteiger partial charge in [0, 0.05) is 62.4 Å². The summed E-state index contributed by atoms with van der Waals surface area (Å²) in [5.41, 5.74) is 0.838. The zero-order valence-corrected chi connectivity index (χ0v) is 26.2. The number of H-pyrrole nitrogens is 1. The van der Waals surface area contributed by atoms with Crippen molar-refractivity contribution in [2.45, 2.75) is 115 Å². The van der Waals surface area contributed by atoms with Gasteiger partial charge in [0.15, 0.2) is 0 Å². The molecule has 1 atom stereocenters. The van der Waals surface area contributed by atoms with Crippen LogP contribution in [0.3, 0.4) is 0 Å². The minimum absolute atomic E-state index is 0.148. The second kappa shape index (κ2) is 18.7. The van der Waals surface area contributed by atoms with Crippen LogP contribution < -0.4 is 4.72 Å². The van der Waals surface area contributed by atoms with Crippen molar-refractivity contribution in [1.29, 1.82) is 0 Å². The Morgan fingerprint density at radius 2 is 1.40 bits per heavy atom. The van der Waals surface area contributed by atoms with E-state index in [1.807, 2.05) is 31.2 Å². The first-order valence-corrected chi connectivity index (χ1v) is 17.7. The Bertz CT molecular complexity index is 1070. The number of nitrogens with zero attached hydrogens (tertiary/aromatic N) is 2. The maximum Gasteiger partial charge on any atom is 0.242 e. The molecule has 2 N–H and O–H groups in total. The van der Waals surface area contributed by atoms with E-state index in [9.17, 15) is 8.42 Å². The number of para-hydroxylation sites is 1. The number of hydrogen-bond donors (Lipinski definition) is 2. The van der Waals surface area contributed by atoms with Crippen LogP contribution in [-0.4, -0.2) is 68.5 Å². The molecular weight excluding hydrogens is 516 g/mol. The summed E-state index contributed by atoms with van der Waals surface area (Å²) in [5.74, 6) is 0. The molecule has 1 aromatic carbocycles. The highest BCUT2D eigenvalue weighted by Gasteiger charge is 2.23. The molecule has 6 nitrogen and oxygen atoms in total. The fraction of sp³-hybridized carbons (Fsp3) is 0.697. The summed E-state index contributed by atoms with van der Waals surface area (Å²) in [7, 11) is -3.57. The zero-order chi connectivity index (χ0) is 28.5. The Balaban J connectivity index is 1.18. The Labute approximate surface area is 245 Å². The minimum atomic E-state index is -3.57. The summed E-state index contributed by atoms with van der Waals surface area (Å²) in [6.45, 7) is 10.0. The Kier molecular flexibility index (Phi) is 15.4. The summed E-state index contributed by atoms with van der Waals surface area (Å²) in [6, 6.07) is 7.37. The number of fused-ring (bicyclic) bond motifs is 1. The average Bonchev–Trinajstić information content (AvgIpc) is 3.39. The van der Waals surface area contributed by atoms with Crippen LogP contribution >= 0.6 is 0 Å². The third-order valence-electron chi connectivity index (χ3n) is 8.20. The van der Waals surface area contributed by atoms with Crippen molar-refractivity contribution < 1.29 is 8.42 Å². The van der Waals surface area contributed by atoms with E-state index < -0.39 is 10.0 Å². The van der Waals surface area contributed by atoms with E-state index in [0.29, 0.717) is 4.90 Å². The van der Waals surface area contributed by atoms with E-state index >= 15 is 0 Å². The van der Waals surface area contributed by atoms with Gasteiger partial charge in [0.2, 0.25) is 10.0 Å². The molecule has 0 amide bonds. The third-order valence-corrected chi connectivity index (χ3v) is 9.83. The van der Waals surface area contributed by atoms with Gasteiger partial charge in [-0.15, -0.1) is 0 Å². The van der Waals surface area contributed by atoms with Crippen molar-refractivity contribution in [2.24, 2.45) is 0 Å². The molecule has 0 saturated carbocycles. The molecule has 0 radical (unpaired) electrons. The fourth-order valence-electron chi connectivity index (χ4n) is 5.80. The molecule has 40 heavy (non-hydrogen) atoms. The van der Waals surface area contributed by atoms with Gasteiger partial charge >= 0.3 is 0 Å². The highest BCUT2D eigenvalue weighted by molar-refractivity contribution is 7.89. The van der Waals surface area contributed by atoms with Gasteiger partial charge in [0.1, 0.15) is 4.90 Å². The van der Waals surface area contributed by atoms with E-state index in [0.717, 1.165) is 50.2 Å². The number of hydrogen-bond acceptors (Lipinski definition) is 4. The summed E-state index contributed by atoms with van der Waals surface area (Å²) < 4.78 is 28.8. The number of unbranched alkanes of at least 4 members (excludes halogenated alkanes) is 13. The fourth-order valence-corrected chi connectivity index (χ4v) is 7.21. The van der Waals surface area contributed by atoms with Crippen LogP contribution in [0.25, 0.3) is 10.9 Å². The molecule has 3 rings (SSSR count). The van der Waals surface area contributed by atoms with Crippen molar-refractivity contribution in [3.63, 3.8) is 0 Å². The minimum Gasteiger partial charge on any atom is -0.360 e. The topological polar surface area (TPSA) is 68.4 Å². The lowest BCUT2D eigenvalue weighted by molar-refractivity contribution is 0.136. The van der Waals surface area contributed by atoms with Crippen LogP contribution in [-0.2, 0) is 10.0 Å². The van der Waals surface area contributed by atoms with Crippen LogP contribution in [0.5, 0.6) is 0 Å². The molecule has 0 aliphatic carbocycles. The first-order chi connectivity index (χ1) is 19.5. The molecule has 0 unspecified atom stereocenters. The van der Waals surface area contributed by atoms with Crippen LogP contribution in [0.1, 0.15) is 104 Å². The summed E-state index contributed by atoms with van der Waals surface area (Å²) in [6.07, 6.45) is 25.8. The molecule has 1 aromatic heterocycles. The smallest absolute Gasteiger partial charge is 0.242 e. The standard InChI is InChI=1S/C33H56N4O2S/c1-3-4-5-6-7-8-9-10-11-12-13-14-15-16-17-20-23-36-24-26-37(27-25-36)29-30(2)35-40(38,39)33-28-34-32-22-19-18-21-31(32)33/h17-22,28,30,34-35H,3-16,23-27,29H2,1-2H3/b20-17+/t30-/m1/s1. The van der Waals surface area contributed by atoms with E-state index in [-0.39, 0.29) is 6.04 Å². The summed E-state index contributed by atoms with van der Waals surface area (Å²) in [5, 5.41) is 0.734. The van der Waals surface area contributed by atoms with Gasteiger partial charge in [0.05, 0.1) is 0 Å². The lowest BCUT2D eigenvalue weighted by Gasteiger charge is -2.35. The molecule has 0 bridgehead atoms. The predicted octanol–water partition coefficient (Wildman–Crippen LogP) is 7.49. The van der Waals surface area contributed by atoms with Crippen molar-refractivity contribution >= 4 is 20.9 Å². The van der Waals surface area contributed by atoms with Crippen molar-refractivity contribution in [1.82, 2.24) is 19.5 Å². The summed E-state index contributed by atoms with van der Waals surface area (Å²) in [4.78, 5) is 8.26. The molecule has 1 fully saturated rings. The normalized spacial score (nSPS) is 16.4. The number of aromatic amines is 1. The van der Waals surface area contributed by atoms with Gasteiger partial charge in [-0.05, 0) is 25.8 Å². The Morgan fingerprint density at radius 1 is 0.825 bits per heavy atom. The third kappa shape index (κ3) is 12.1. The number of allylic oxidation sites excluding steroid dienone is 1. The van der Waals surface area contributed by atoms with Crippen LogP contribution in [0, 0.1) is 0 Å². The van der Waals surface area contributed by atoms with Crippen LogP contribution in [0.15, 0.2) is 47.5 Å². The SMILES string of the molecule is CCCCCCCCCCCCCCC/C=C/CN1CCN(C[C@@H](C)NS(=O)(=O)c2c[nH]c3ccccc23)CC1. The zero-order valence-electron chi connectivity index (χ0n) is 25.4. The molecule has 1 aliphatic heterocycles. The van der Waals surface area contributed by atoms with Crippen molar-refractivity contribution in [2.75, 3.05) is 39.3 Å². The molecule has 226 valence electrons. The van der Waals surface area contributed by atoms with Gasteiger partial charge in [-0.25, -0.2) is 13.1 Å². The molecular formula is C33H56N4O2S. The number of nitrogens with one attached hydrogen (secondary N) is 2. The maximum absolute atomic E-state index is 13.0. The molecule has 1 saturated heterocycles. The maximum atomic E-state index is 13.0. The second-order valence-electron chi connectivity index (χ2n) is 11.8. The number of aromatic nitrogens is 1. The average molecular weight is 573 g/mol. The highest BCUT2D eigenvalue weighted by atomic mass is 32.2. The summed E-state index contributed by atoms with van der Waals surface area (Å²) >= 11 is 0. The van der Waals surface area contributed by atoms with Gasteiger partial charge in [0.25, 0.3) is 0 Å². The second-order valence-corrected chi connectivity index (χ2v) is 13.5. The van der Waals surface area contributed by atoms with Crippen LogP contribution in [0.2, 0.25) is 0 Å². The number of rotatable bonds is 21. The van der Waals surface area contributed by atoms with E-state index in [4.69, 9.17) is 0 Å². The van der Waals surface area contributed by atoms with Gasteiger partial charge in [-0.3, -0.25) is 9.80 Å². The molecule has 2 aromatic rings. The highest BCUT2D eigenvalue weighted by Crippen LogP contribution is 2.22. The molecule has 7 heteroatoms. The Morgan fingerprint density at radius 3 is 2.05 bits per heavy atom. The van der Waals surface area contributed by atoms with Crippen LogP contribution in [0.4, 0.5) is 0 Å². The lowest BCUT2D eigenvalue weighted by atomic mass is 10.0. The Hall–Kier alpha value is -1.67. The van der Waals surface area contributed by atoms with Gasteiger partial charge < -0.3 is 4.98 Å². The van der Waals surface area contributed by atoms with E-state index in [1.54, 1.807) is 6.20 Å². The molecule has 0 spiro atoms. The lowest BCUT2D eigenvalue weighted by Crippen LogP contribution is -2.50. The van der Waals surface area contributed by atoms with Gasteiger partial charge in [-0.2, -0.15) is 0 Å². The molecule has 2 heterocycles. The number of piperazine rings is 1.